The molecule has 1 heterocycles. The summed E-state index contributed by atoms with van der Waals surface area (Å²) in [6.07, 6.45) is 2.74. The van der Waals surface area contributed by atoms with E-state index in [0.717, 1.165) is 30.5 Å². The molecule has 0 saturated carbocycles. The smallest absolute Gasteiger partial charge is 0.258 e. The van der Waals surface area contributed by atoms with Crippen LogP contribution in [0.1, 0.15) is 17.7 Å². The van der Waals surface area contributed by atoms with Crippen LogP contribution in [0.15, 0.2) is 24.3 Å². The van der Waals surface area contributed by atoms with Gasteiger partial charge in [-0.15, -0.1) is 0 Å². The van der Waals surface area contributed by atoms with Gasteiger partial charge in [-0.1, -0.05) is 23.7 Å². The molecule has 0 aliphatic heterocycles. The molecule has 6 heteroatoms. The maximum absolute atomic E-state index is 11.0. The molecule has 2 aromatic rings. The van der Waals surface area contributed by atoms with Gasteiger partial charge in [0.05, 0.1) is 10.5 Å². The highest BCUT2D eigenvalue weighted by Crippen LogP contribution is 2.32. The lowest BCUT2D eigenvalue weighted by Crippen LogP contribution is -2.00. The summed E-state index contributed by atoms with van der Waals surface area (Å²) in [6, 6.07) is 6.44. The summed E-state index contributed by atoms with van der Waals surface area (Å²) >= 11 is 6.14. The van der Waals surface area contributed by atoms with Gasteiger partial charge in [0, 0.05) is 17.3 Å². The Morgan fingerprint density at radius 2 is 2.00 bits per heavy atom. The van der Waals surface area contributed by atoms with Crippen molar-refractivity contribution in [2.45, 2.75) is 19.3 Å². The zero-order valence-corrected chi connectivity index (χ0v) is 10.7. The molecular formula is C13H10ClN3O2. The molecule has 0 spiro atoms. The van der Waals surface area contributed by atoms with E-state index in [4.69, 9.17) is 11.6 Å². The summed E-state index contributed by atoms with van der Waals surface area (Å²) < 4.78 is 0. The van der Waals surface area contributed by atoms with Gasteiger partial charge in [-0.05, 0) is 25.3 Å². The van der Waals surface area contributed by atoms with Crippen LogP contribution in [0.3, 0.4) is 0 Å². The van der Waals surface area contributed by atoms with Crippen LogP contribution in [0, 0.1) is 10.1 Å². The molecule has 0 atom stereocenters. The van der Waals surface area contributed by atoms with E-state index < -0.39 is 4.92 Å². The zero-order chi connectivity index (χ0) is 13.4. The summed E-state index contributed by atoms with van der Waals surface area (Å²) in [5, 5.41) is 11.4. The van der Waals surface area contributed by atoms with Crippen molar-refractivity contribution in [3.05, 3.63) is 50.8 Å². The molecule has 1 aromatic heterocycles. The topological polar surface area (TPSA) is 68.9 Å². The summed E-state index contributed by atoms with van der Waals surface area (Å²) in [7, 11) is 0. The van der Waals surface area contributed by atoms with Crippen LogP contribution in [0.2, 0.25) is 5.15 Å². The first-order valence-corrected chi connectivity index (χ1v) is 6.33. The molecule has 0 saturated heterocycles. The van der Waals surface area contributed by atoms with Crippen molar-refractivity contribution in [3.8, 4) is 11.4 Å². The summed E-state index contributed by atoms with van der Waals surface area (Å²) in [5.74, 6) is 0.331. The van der Waals surface area contributed by atoms with Crippen molar-refractivity contribution >= 4 is 17.3 Å². The van der Waals surface area contributed by atoms with Gasteiger partial charge in [0.25, 0.3) is 5.69 Å². The van der Waals surface area contributed by atoms with Crippen molar-refractivity contribution in [3.63, 3.8) is 0 Å². The van der Waals surface area contributed by atoms with Crippen molar-refractivity contribution in [2.24, 2.45) is 0 Å². The van der Waals surface area contributed by atoms with Crippen molar-refractivity contribution in [2.75, 3.05) is 0 Å². The minimum absolute atomic E-state index is 0.00323. The lowest BCUT2D eigenvalue weighted by atomic mass is 10.1. The molecule has 0 unspecified atom stereocenters. The highest BCUT2D eigenvalue weighted by molar-refractivity contribution is 6.30. The number of nitrogens with zero attached hydrogens (tertiary/aromatic N) is 3. The van der Waals surface area contributed by atoms with E-state index in [9.17, 15) is 10.1 Å². The normalized spacial score (nSPS) is 13.3. The van der Waals surface area contributed by atoms with Crippen LogP contribution < -0.4 is 0 Å². The molecule has 1 aliphatic rings. The second-order valence-electron chi connectivity index (χ2n) is 4.39. The monoisotopic (exact) mass is 275 g/mol. The number of fused-ring (bicyclic) bond motifs is 1. The summed E-state index contributed by atoms with van der Waals surface area (Å²) in [4.78, 5) is 19.2. The van der Waals surface area contributed by atoms with E-state index in [1.165, 1.54) is 6.07 Å². The van der Waals surface area contributed by atoms with E-state index in [2.05, 4.69) is 9.97 Å². The number of para-hydroxylation sites is 1. The molecule has 0 bridgehead atoms. The lowest BCUT2D eigenvalue weighted by Gasteiger charge is -2.06. The van der Waals surface area contributed by atoms with Gasteiger partial charge in [-0.3, -0.25) is 10.1 Å². The Balaban J connectivity index is 2.18. The average Bonchev–Trinajstić information content (AvgIpc) is 2.87. The molecule has 5 nitrogen and oxygen atoms in total. The van der Waals surface area contributed by atoms with Crippen LogP contribution in [0.4, 0.5) is 5.69 Å². The van der Waals surface area contributed by atoms with Crippen LogP contribution in [-0.2, 0) is 12.8 Å². The number of rotatable bonds is 2. The minimum Gasteiger partial charge on any atom is -0.258 e. The third-order valence-electron chi connectivity index (χ3n) is 3.22. The Labute approximate surface area is 114 Å². The van der Waals surface area contributed by atoms with Crippen molar-refractivity contribution in [1.29, 1.82) is 0 Å². The van der Waals surface area contributed by atoms with Crippen LogP contribution in [0.5, 0.6) is 0 Å². The number of hydrogen-bond acceptors (Lipinski definition) is 4. The maximum atomic E-state index is 11.0. The minimum atomic E-state index is -0.431. The predicted octanol–water partition coefficient (Wildman–Crippen LogP) is 3.19. The Bertz CT molecular complexity index is 673. The van der Waals surface area contributed by atoms with Gasteiger partial charge in [0.2, 0.25) is 0 Å². The Morgan fingerprint density at radius 1 is 1.21 bits per heavy atom. The van der Waals surface area contributed by atoms with E-state index in [1.54, 1.807) is 18.2 Å². The highest BCUT2D eigenvalue weighted by atomic mass is 35.5. The standard InChI is InChI=1S/C13H10ClN3O2/c14-12-8-5-3-6-10(8)15-13(16-12)9-4-1-2-7-11(9)17(18)19/h1-2,4,7H,3,5-6H2. The molecule has 1 aliphatic carbocycles. The molecule has 0 fully saturated rings. The van der Waals surface area contributed by atoms with Gasteiger partial charge in [-0.25, -0.2) is 9.97 Å². The van der Waals surface area contributed by atoms with Gasteiger partial charge in [-0.2, -0.15) is 0 Å². The van der Waals surface area contributed by atoms with Crippen LogP contribution in [0.25, 0.3) is 11.4 Å². The predicted molar refractivity (Wildman–Crippen MR) is 71.2 cm³/mol. The van der Waals surface area contributed by atoms with Gasteiger partial charge >= 0.3 is 0 Å². The first-order valence-electron chi connectivity index (χ1n) is 5.96. The first kappa shape index (κ1) is 12.0. The fraction of sp³-hybridized carbons (Fsp3) is 0.231. The average molecular weight is 276 g/mol. The fourth-order valence-electron chi connectivity index (χ4n) is 2.33. The molecular weight excluding hydrogens is 266 g/mol. The van der Waals surface area contributed by atoms with Gasteiger partial charge < -0.3 is 0 Å². The third-order valence-corrected chi connectivity index (χ3v) is 3.54. The Hall–Kier alpha value is -2.01. The Kier molecular flexibility index (Phi) is 2.91. The Morgan fingerprint density at radius 3 is 2.79 bits per heavy atom. The molecule has 0 radical (unpaired) electrons. The van der Waals surface area contributed by atoms with Crippen molar-refractivity contribution < 1.29 is 4.92 Å². The van der Waals surface area contributed by atoms with Gasteiger partial charge in [0.15, 0.2) is 5.82 Å². The number of hydrogen-bond donors (Lipinski definition) is 0. The van der Waals surface area contributed by atoms with E-state index >= 15 is 0 Å². The molecule has 0 N–H and O–H groups in total. The third kappa shape index (κ3) is 2.06. The SMILES string of the molecule is O=[N+]([O-])c1ccccc1-c1nc(Cl)c2c(n1)CCC2. The van der Waals surface area contributed by atoms with E-state index in [-0.39, 0.29) is 5.69 Å². The molecule has 19 heavy (non-hydrogen) atoms. The number of halogens is 1. The summed E-state index contributed by atoms with van der Waals surface area (Å²) in [5.41, 5.74) is 2.29. The number of aryl methyl sites for hydroxylation is 1. The maximum Gasteiger partial charge on any atom is 0.280 e. The number of nitro groups is 1. The molecule has 0 amide bonds. The lowest BCUT2D eigenvalue weighted by molar-refractivity contribution is -0.384. The van der Waals surface area contributed by atoms with Crippen LogP contribution >= 0.6 is 11.6 Å². The zero-order valence-electron chi connectivity index (χ0n) is 9.97. The quantitative estimate of drug-likeness (QED) is 0.479. The van der Waals surface area contributed by atoms with Crippen LogP contribution in [-0.4, -0.2) is 14.9 Å². The molecule has 96 valence electrons. The fourth-order valence-corrected chi connectivity index (χ4v) is 2.61. The second kappa shape index (κ2) is 4.59. The van der Waals surface area contributed by atoms with E-state index in [0.29, 0.717) is 16.5 Å². The number of nitro benzene ring substituents is 1. The molecule has 1 aromatic carbocycles. The first-order chi connectivity index (χ1) is 9.16. The van der Waals surface area contributed by atoms with E-state index in [1.807, 2.05) is 0 Å². The van der Waals surface area contributed by atoms with Gasteiger partial charge in [0.1, 0.15) is 5.15 Å². The summed E-state index contributed by atoms with van der Waals surface area (Å²) in [6.45, 7) is 0. The number of aromatic nitrogens is 2. The number of benzene rings is 1. The highest BCUT2D eigenvalue weighted by Gasteiger charge is 2.22. The second-order valence-corrected chi connectivity index (χ2v) is 4.75. The molecule has 3 rings (SSSR count). The van der Waals surface area contributed by atoms with Crippen molar-refractivity contribution in [1.82, 2.24) is 9.97 Å². The largest absolute Gasteiger partial charge is 0.280 e.